The van der Waals surface area contributed by atoms with Crippen LogP contribution in [0, 0.1) is 5.95 Å². The molecule has 0 radical (unpaired) electrons. The number of nitrogens with two attached hydrogens (primary N) is 1. The van der Waals surface area contributed by atoms with Crippen LogP contribution in [0.25, 0.3) is 11.1 Å². The van der Waals surface area contributed by atoms with E-state index in [2.05, 4.69) is 24.9 Å². The average Bonchev–Trinajstić information content (AvgIpc) is 3.38. The van der Waals surface area contributed by atoms with Crippen LogP contribution in [0.4, 0.5) is 10.1 Å². The second-order valence-corrected chi connectivity index (χ2v) is 9.20. The minimum absolute atomic E-state index is 0.0646. The zero-order valence-corrected chi connectivity index (χ0v) is 20.4. The molecule has 1 aromatic heterocycles. The van der Waals surface area contributed by atoms with E-state index < -0.39 is 29.7 Å². The van der Waals surface area contributed by atoms with Gasteiger partial charge in [0.25, 0.3) is 0 Å². The fraction of sp³-hybridized carbons (Fsp3) is 0.286. The van der Waals surface area contributed by atoms with Crippen LogP contribution in [0.5, 0.6) is 0 Å². The van der Waals surface area contributed by atoms with E-state index in [9.17, 15) is 18.8 Å². The van der Waals surface area contributed by atoms with Crippen LogP contribution >= 0.6 is 0 Å². The molecular weight excluding hydrogens is 459 g/mol. The lowest BCUT2D eigenvalue weighted by atomic mass is 9.93. The summed E-state index contributed by atoms with van der Waals surface area (Å²) < 4.78 is 14.8. The van der Waals surface area contributed by atoms with Gasteiger partial charge in [0.1, 0.15) is 6.04 Å². The third-order valence-corrected chi connectivity index (χ3v) is 6.51. The van der Waals surface area contributed by atoms with Gasteiger partial charge in [0.05, 0.1) is 12.2 Å². The van der Waals surface area contributed by atoms with E-state index in [4.69, 9.17) is 5.73 Å². The van der Waals surface area contributed by atoms with Gasteiger partial charge in [0.15, 0.2) is 0 Å². The molecule has 2 heterocycles. The average molecular weight is 489 g/mol. The number of hydrogen-bond donors (Lipinski definition) is 1. The molecule has 4 rings (SSSR count). The van der Waals surface area contributed by atoms with Gasteiger partial charge >= 0.3 is 11.8 Å². The third-order valence-electron chi connectivity index (χ3n) is 6.51. The molecule has 1 unspecified atom stereocenters. The number of benzene rings is 2. The largest absolute Gasteiger partial charge is 0.368 e. The summed E-state index contributed by atoms with van der Waals surface area (Å²) in [6, 6.07) is 17.7. The lowest BCUT2D eigenvalue weighted by Gasteiger charge is -2.28. The van der Waals surface area contributed by atoms with Crippen molar-refractivity contribution in [2.45, 2.75) is 45.2 Å². The molecule has 1 atom stereocenters. The Labute approximate surface area is 209 Å². The molecule has 36 heavy (non-hydrogen) atoms. The zero-order valence-electron chi connectivity index (χ0n) is 20.4. The van der Waals surface area contributed by atoms with Gasteiger partial charge in [0.2, 0.25) is 11.9 Å². The summed E-state index contributed by atoms with van der Waals surface area (Å²) in [4.78, 5) is 44.6. The summed E-state index contributed by atoms with van der Waals surface area (Å²) in [5.41, 5.74) is 9.01. The molecule has 0 spiro atoms. The Morgan fingerprint density at radius 1 is 1.11 bits per heavy atom. The predicted octanol–water partition coefficient (Wildman–Crippen LogP) is 4.02. The maximum atomic E-state index is 14.8. The minimum Gasteiger partial charge on any atom is -0.368 e. The van der Waals surface area contributed by atoms with Crippen LogP contribution in [0.3, 0.4) is 0 Å². The molecule has 2 N–H and O–H groups in total. The van der Waals surface area contributed by atoms with Gasteiger partial charge < -0.3 is 10.6 Å². The second kappa shape index (κ2) is 10.7. The van der Waals surface area contributed by atoms with E-state index in [-0.39, 0.29) is 24.7 Å². The highest BCUT2D eigenvalue weighted by Gasteiger charge is 2.38. The first-order valence-corrected chi connectivity index (χ1v) is 12.0. The van der Waals surface area contributed by atoms with E-state index in [0.29, 0.717) is 12.8 Å². The van der Waals surface area contributed by atoms with E-state index in [0.717, 1.165) is 27.2 Å². The smallest absolute Gasteiger partial charge is 0.316 e. The number of pyridine rings is 1. The van der Waals surface area contributed by atoms with Crippen LogP contribution in [-0.2, 0) is 20.9 Å². The fourth-order valence-corrected chi connectivity index (χ4v) is 4.54. The van der Waals surface area contributed by atoms with Crippen molar-refractivity contribution >= 4 is 23.4 Å². The maximum Gasteiger partial charge on any atom is 0.316 e. The van der Waals surface area contributed by atoms with E-state index in [1.807, 2.05) is 42.5 Å². The molecule has 1 aliphatic heterocycles. The number of nitrogens with zero attached hydrogens (tertiary/aromatic N) is 3. The number of amides is 3. The van der Waals surface area contributed by atoms with Crippen molar-refractivity contribution in [1.82, 2.24) is 9.88 Å². The van der Waals surface area contributed by atoms with Gasteiger partial charge in [-0.25, -0.2) is 4.98 Å². The lowest BCUT2D eigenvalue weighted by Crippen LogP contribution is -2.50. The Morgan fingerprint density at radius 3 is 2.53 bits per heavy atom. The van der Waals surface area contributed by atoms with Crippen LogP contribution < -0.4 is 10.6 Å². The number of anilines is 1. The summed E-state index contributed by atoms with van der Waals surface area (Å²) in [7, 11) is 0. The molecule has 7 nitrogen and oxygen atoms in total. The summed E-state index contributed by atoms with van der Waals surface area (Å²) in [5.74, 6) is -3.09. The Hall–Kier alpha value is -4.07. The molecule has 0 aliphatic carbocycles. The summed E-state index contributed by atoms with van der Waals surface area (Å²) >= 11 is 0. The van der Waals surface area contributed by atoms with Crippen molar-refractivity contribution in [2.75, 3.05) is 11.4 Å². The van der Waals surface area contributed by atoms with Gasteiger partial charge in [-0.1, -0.05) is 62.4 Å². The highest BCUT2D eigenvalue weighted by Crippen LogP contribution is 2.31. The number of halogens is 1. The molecule has 2 aromatic carbocycles. The van der Waals surface area contributed by atoms with E-state index >= 15 is 0 Å². The molecule has 1 fully saturated rings. The van der Waals surface area contributed by atoms with Gasteiger partial charge in [-0.3, -0.25) is 19.3 Å². The van der Waals surface area contributed by atoms with Gasteiger partial charge in [-0.15, -0.1) is 0 Å². The number of carbonyl (C=O) groups is 3. The Balaban J connectivity index is 1.77. The predicted molar refractivity (Wildman–Crippen MR) is 135 cm³/mol. The molecule has 3 amide bonds. The lowest BCUT2D eigenvalue weighted by molar-refractivity contribution is -0.146. The monoisotopic (exact) mass is 488 g/mol. The first kappa shape index (κ1) is 25.0. The number of rotatable bonds is 6. The van der Waals surface area contributed by atoms with E-state index in [1.165, 1.54) is 23.2 Å². The van der Waals surface area contributed by atoms with E-state index in [1.54, 1.807) is 0 Å². The number of primary amides is 1. The van der Waals surface area contributed by atoms with Gasteiger partial charge in [-0.2, -0.15) is 4.39 Å². The maximum absolute atomic E-state index is 14.8. The van der Waals surface area contributed by atoms with Crippen molar-refractivity contribution < 1.29 is 18.8 Å². The summed E-state index contributed by atoms with van der Waals surface area (Å²) in [5, 5.41) is 0. The fourth-order valence-electron chi connectivity index (χ4n) is 4.54. The number of likely N-dealkylation sites (tertiary alicyclic amines) is 1. The molecule has 0 saturated carbocycles. The topological polar surface area (TPSA) is 96.6 Å². The second-order valence-electron chi connectivity index (χ2n) is 9.20. The highest BCUT2D eigenvalue weighted by molar-refractivity contribution is 6.40. The van der Waals surface area contributed by atoms with Gasteiger partial charge in [-0.05, 0) is 53.1 Å². The summed E-state index contributed by atoms with van der Waals surface area (Å²) in [6.45, 7) is 4.35. The molecule has 8 heteroatoms. The SMILES string of the molecule is CC(C)c1ccc(CN(C(=O)C(=O)N2CCCC2C(N)=O)c2cccnc2F)c(-c2ccccc2)c1. The van der Waals surface area contributed by atoms with Crippen LogP contribution in [-0.4, -0.2) is 40.2 Å². The highest BCUT2D eigenvalue weighted by atomic mass is 19.1. The molecule has 186 valence electrons. The van der Waals surface area contributed by atoms with Crippen molar-refractivity contribution in [2.24, 2.45) is 5.73 Å². The van der Waals surface area contributed by atoms with Crippen molar-refractivity contribution in [3.63, 3.8) is 0 Å². The van der Waals surface area contributed by atoms with Crippen LogP contribution in [0.15, 0.2) is 66.9 Å². The molecule has 1 aliphatic rings. The van der Waals surface area contributed by atoms with Crippen LogP contribution in [0.2, 0.25) is 0 Å². The third kappa shape index (κ3) is 5.12. The molecule has 0 bridgehead atoms. The first-order valence-electron chi connectivity index (χ1n) is 12.0. The Kier molecular flexibility index (Phi) is 7.43. The number of aromatic nitrogens is 1. The number of carbonyl (C=O) groups excluding carboxylic acids is 3. The standard InChI is InChI=1S/C28H29FN4O3/c1-18(2)20-12-13-21(22(16-20)19-8-4-3-5-9-19)17-33(23-10-6-14-31-25(23)29)28(36)27(35)32-15-7-11-24(32)26(30)34/h3-6,8-10,12-14,16,18,24H,7,11,15,17H2,1-2H3,(H2,30,34). The van der Waals surface area contributed by atoms with Crippen molar-refractivity contribution in [3.05, 3.63) is 83.9 Å². The Morgan fingerprint density at radius 2 is 1.86 bits per heavy atom. The first-order chi connectivity index (χ1) is 17.3. The van der Waals surface area contributed by atoms with Crippen molar-refractivity contribution in [3.8, 4) is 11.1 Å². The Bertz CT molecular complexity index is 1280. The van der Waals surface area contributed by atoms with Crippen LogP contribution in [0.1, 0.15) is 43.7 Å². The normalized spacial score (nSPS) is 15.2. The zero-order chi connectivity index (χ0) is 25.8. The molecule has 1 saturated heterocycles. The summed E-state index contributed by atoms with van der Waals surface area (Å²) in [6.07, 6.45) is 2.23. The molecular formula is C28H29FN4O3. The van der Waals surface area contributed by atoms with Gasteiger partial charge in [0, 0.05) is 12.7 Å². The quantitative estimate of drug-likeness (QED) is 0.419. The number of hydrogen-bond acceptors (Lipinski definition) is 4. The minimum atomic E-state index is -0.943. The van der Waals surface area contributed by atoms with Crippen molar-refractivity contribution in [1.29, 1.82) is 0 Å². The molecule has 3 aromatic rings.